The standard InChI is InChI=1S/C8H17N3O2S/c1-8(2,9)5-14-4-6(12)11-7(13)10-3/h4-5,9H2,1-3H3,(H2,10,11,12,13). The molecule has 0 spiro atoms. The Hall–Kier alpha value is -0.750. The number of urea groups is 1. The maximum Gasteiger partial charge on any atom is 0.321 e. The highest BCUT2D eigenvalue weighted by Gasteiger charge is 2.12. The summed E-state index contributed by atoms with van der Waals surface area (Å²) in [6, 6.07) is -0.484. The summed E-state index contributed by atoms with van der Waals surface area (Å²) in [5.74, 6) is 0.612. The third kappa shape index (κ3) is 7.88. The van der Waals surface area contributed by atoms with Crippen LogP contribution in [0.3, 0.4) is 0 Å². The molecule has 0 saturated heterocycles. The molecule has 0 aliphatic rings. The highest BCUT2D eigenvalue weighted by molar-refractivity contribution is 8.00. The first-order valence-electron chi connectivity index (χ1n) is 4.23. The summed E-state index contributed by atoms with van der Waals surface area (Å²) < 4.78 is 0. The predicted molar refractivity (Wildman–Crippen MR) is 58.2 cm³/mol. The lowest BCUT2D eigenvalue weighted by Crippen LogP contribution is -2.39. The number of thioether (sulfide) groups is 1. The average Bonchev–Trinajstić information content (AvgIpc) is 2.01. The second-order valence-corrected chi connectivity index (χ2v) is 4.59. The lowest BCUT2D eigenvalue weighted by Gasteiger charge is -2.16. The summed E-state index contributed by atoms with van der Waals surface area (Å²) in [6.07, 6.45) is 0. The SMILES string of the molecule is CNC(=O)NC(=O)CSCC(C)(C)N. The van der Waals surface area contributed by atoms with Gasteiger partial charge in [0.1, 0.15) is 0 Å². The zero-order valence-electron chi connectivity index (χ0n) is 8.72. The fraction of sp³-hybridized carbons (Fsp3) is 0.750. The molecule has 0 fully saturated rings. The molecule has 82 valence electrons. The zero-order valence-corrected chi connectivity index (χ0v) is 9.53. The van der Waals surface area contributed by atoms with Crippen LogP contribution in [0.15, 0.2) is 0 Å². The normalized spacial score (nSPS) is 10.9. The molecule has 0 unspecified atom stereocenters. The number of carbonyl (C=O) groups is 2. The van der Waals surface area contributed by atoms with E-state index in [9.17, 15) is 9.59 Å². The fourth-order valence-corrected chi connectivity index (χ4v) is 1.52. The third-order valence-electron chi connectivity index (χ3n) is 1.19. The average molecular weight is 219 g/mol. The first-order valence-corrected chi connectivity index (χ1v) is 5.39. The van der Waals surface area contributed by atoms with Gasteiger partial charge in [-0.1, -0.05) is 0 Å². The number of amides is 3. The predicted octanol–water partition coefficient (Wildman–Crippen LogP) is -0.0875. The lowest BCUT2D eigenvalue weighted by atomic mass is 10.1. The summed E-state index contributed by atoms with van der Waals surface area (Å²) in [6.45, 7) is 3.77. The van der Waals surface area contributed by atoms with Crippen LogP contribution in [0.2, 0.25) is 0 Å². The molecule has 3 amide bonds. The van der Waals surface area contributed by atoms with Gasteiger partial charge >= 0.3 is 6.03 Å². The first kappa shape index (κ1) is 13.2. The van der Waals surface area contributed by atoms with Crippen LogP contribution in [0.25, 0.3) is 0 Å². The van der Waals surface area contributed by atoms with Crippen LogP contribution >= 0.6 is 11.8 Å². The first-order chi connectivity index (χ1) is 6.35. The van der Waals surface area contributed by atoms with E-state index in [1.54, 1.807) is 0 Å². The van der Waals surface area contributed by atoms with Gasteiger partial charge in [0.15, 0.2) is 0 Å². The van der Waals surface area contributed by atoms with Crippen molar-refractivity contribution in [1.29, 1.82) is 0 Å². The summed E-state index contributed by atoms with van der Waals surface area (Å²) in [5.41, 5.74) is 5.42. The maximum absolute atomic E-state index is 11.1. The molecule has 6 heteroatoms. The Bertz CT molecular complexity index is 213. The molecule has 0 aliphatic carbocycles. The largest absolute Gasteiger partial charge is 0.341 e. The van der Waals surface area contributed by atoms with E-state index in [-0.39, 0.29) is 17.2 Å². The molecule has 0 aromatic rings. The van der Waals surface area contributed by atoms with Crippen molar-refractivity contribution >= 4 is 23.7 Å². The second kappa shape index (κ2) is 5.87. The molecule has 0 aliphatic heterocycles. The van der Waals surface area contributed by atoms with Gasteiger partial charge in [-0.25, -0.2) is 4.79 Å². The van der Waals surface area contributed by atoms with Crippen LogP contribution in [0.4, 0.5) is 4.79 Å². The van der Waals surface area contributed by atoms with Gasteiger partial charge < -0.3 is 11.1 Å². The van der Waals surface area contributed by atoms with E-state index in [4.69, 9.17) is 5.73 Å². The van der Waals surface area contributed by atoms with E-state index in [1.807, 2.05) is 13.8 Å². The monoisotopic (exact) mass is 219 g/mol. The van der Waals surface area contributed by atoms with Gasteiger partial charge in [-0.3, -0.25) is 10.1 Å². The van der Waals surface area contributed by atoms with Crippen LogP contribution < -0.4 is 16.4 Å². The van der Waals surface area contributed by atoms with Gasteiger partial charge in [-0.15, -0.1) is 0 Å². The molecule has 0 heterocycles. The molecule has 0 aromatic carbocycles. The van der Waals surface area contributed by atoms with Crippen molar-refractivity contribution in [3.8, 4) is 0 Å². The van der Waals surface area contributed by atoms with E-state index in [0.29, 0.717) is 5.75 Å². The molecule has 4 N–H and O–H groups in total. The smallest absolute Gasteiger partial charge is 0.321 e. The molecule has 0 aromatic heterocycles. The van der Waals surface area contributed by atoms with E-state index >= 15 is 0 Å². The number of hydrogen-bond acceptors (Lipinski definition) is 4. The number of hydrogen-bond donors (Lipinski definition) is 3. The Balaban J connectivity index is 3.60. The van der Waals surface area contributed by atoms with Gasteiger partial charge in [0.05, 0.1) is 5.75 Å². The number of carbonyl (C=O) groups excluding carboxylic acids is 2. The Labute approximate surface area is 88.2 Å². The van der Waals surface area contributed by atoms with Gasteiger partial charge in [-0.05, 0) is 13.8 Å². The molecule has 0 atom stereocenters. The fourth-order valence-electron chi connectivity index (χ4n) is 0.632. The molecule has 5 nitrogen and oxygen atoms in total. The molecular weight excluding hydrogens is 202 g/mol. The minimum absolute atomic E-state index is 0.244. The van der Waals surface area contributed by atoms with E-state index < -0.39 is 6.03 Å². The van der Waals surface area contributed by atoms with Crippen LogP contribution in [-0.4, -0.2) is 36.0 Å². The number of imide groups is 1. The topological polar surface area (TPSA) is 84.2 Å². The maximum atomic E-state index is 11.1. The van der Waals surface area contributed by atoms with Crippen LogP contribution in [-0.2, 0) is 4.79 Å². The zero-order chi connectivity index (χ0) is 11.2. The molecule has 0 radical (unpaired) electrons. The van der Waals surface area contributed by atoms with Gasteiger partial charge in [0, 0.05) is 18.3 Å². The van der Waals surface area contributed by atoms with Crippen LogP contribution in [0.1, 0.15) is 13.8 Å². The van der Waals surface area contributed by atoms with Crippen molar-refractivity contribution in [1.82, 2.24) is 10.6 Å². The Morgan fingerprint density at radius 3 is 2.43 bits per heavy atom. The van der Waals surface area contributed by atoms with Crippen molar-refractivity contribution in [2.24, 2.45) is 5.73 Å². The Morgan fingerprint density at radius 2 is 2.00 bits per heavy atom. The van der Waals surface area contributed by atoms with Gasteiger partial charge in [-0.2, -0.15) is 11.8 Å². The van der Waals surface area contributed by atoms with Gasteiger partial charge in [0.2, 0.25) is 5.91 Å². The molecule has 14 heavy (non-hydrogen) atoms. The second-order valence-electron chi connectivity index (χ2n) is 3.61. The summed E-state index contributed by atoms with van der Waals surface area (Å²) in [4.78, 5) is 21.8. The number of nitrogens with one attached hydrogen (secondary N) is 2. The Morgan fingerprint density at radius 1 is 1.43 bits per heavy atom. The van der Waals surface area contributed by atoms with Crippen LogP contribution in [0.5, 0.6) is 0 Å². The summed E-state index contributed by atoms with van der Waals surface area (Å²) in [7, 11) is 1.46. The van der Waals surface area contributed by atoms with Crippen molar-refractivity contribution in [2.45, 2.75) is 19.4 Å². The van der Waals surface area contributed by atoms with Crippen LogP contribution in [0, 0.1) is 0 Å². The quantitative estimate of drug-likeness (QED) is 0.617. The minimum Gasteiger partial charge on any atom is -0.341 e. The number of rotatable bonds is 4. The highest BCUT2D eigenvalue weighted by Crippen LogP contribution is 2.08. The van der Waals surface area contributed by atoms with E-state index in [2.05, 4.69) is 10.6 Å². The number of nitrogens with two attached hydrogens (primary N) is 1. The van der Waals surface area contributed by atoms with E-state index in [0.717, 1.165) is 0 Å². The lowest BCUT2D eigenvalue weighted by molar-refractivity contribution is -0.117. The highest BCUT2D eigenvalue weighted by atomic mass is 32.2. The minimum atomic E-state index is -0.484. The third-order valence-corrected chi connectivity index (χ3v) is 2.60. The Kier molecular flexibility index (Phi) is 5.56. The molecule has 0 bridgehead atoms. The summed E-state index contributed by atoms with van der Waals surface area (Å²) >= 11 is 1.40. The van der Waals surface area contributed by atoms with Crippen molar-refractivity contribution in [3.05, 3.63) is 0 Å². The van der Waals surface area contributed by atoms with E-state index in [1.165, 1.54) is 18.8 Å². The molecule has 0 rings (SSSR count). The molecular formula is C8H17N3O2S. The van der Waals surface area contributed by atoms with Crippen molar-refractivity contribution in [3.63, 3.8) is 0 Å². The van der Waals surface area contributed by atoms with Crippen molar-refractivity contribution < 1.29 is 9.59 Å². The summed E-state index contributed by atoms with van der Waals surface area (Å²) in [5, 5.41) is 4.46. The molecule has 0 saturated carbocycles. The van der Waals surface area contributed by atoms with Gasteiger partial charge in [0.25, 0.3) is 0 Å². The van der Waals surface area contributed by atoms with Crippen molar-refractivity contribution in [2.75, 3.05) is 18.6 Å².